The van der Waals surface area contributed by atoms with Gasteiger partial charge in [0.05, 0.1) is 31.3 Å². The van der Waals surface area contributed by atoms with Crippen LogP contribution in [0.5, 0.6) is 11.8 Å². The average molecular weight is 279 g/mol. The van der Waals surface area contributed by atoms with Gasteiger partial charge in [-0.2, -0.15) is 0 Å². The van der Waals surface area contributed by atoms with E-state index in [1.54, 1.807) is 6.92 Å². The topological polar surface area (TPSA) is 108 Å². The molecule has 2 rings (SSSR count). The summed E-state index contributed by atoms with van der Waals surface area (Å²) in [6, 6.07) is 1.30. The van der Waals surface area contributed by atoms with Crippen molar-refractivity contribution >= 4 is 16.7 Å². The second kappa shape index (κ2) is 5.25. The Balaban J connectivity index is 2.88. The first-order valence-corrected chi connectivity index (χ1v) is 5.71. The lowest BCUT2D eigenvalue weighted by Crippen LogP contribution is -2.03. The molecule has 1 N–H and O–H groups in total. The number of nitro benzene ring substituents is 1. The minimum absolute atomic E-state index is 0.122. The number of hydrogen-bond acceptors (Lipinski definition) is 7. The van der Waals surface area contributed by atoms with Crippen molar-refractivity contribution in [1.29, 1.82) is 0 Å². The molecule has 8 nitrogen and oxygen atoms in total. The number of nitro groups is 1. The molecular weight excluding hydrogens is 266 g/mol. The van der Waals surface area contributed by atoms with Crippen molar-refractivity contribution in [2.45, 2.75) is 13.5 Å². The molecule has 0 saturated carbocycles. The Morgan fingerprint density at radius 1 is 1.30 bits per heavy atom. The van der Waals surface area contributed by atoms with Gasteiger partial charge in [0.25, 0.3) is 17.4 Å². The average Bonchev–Trinajstić information content (AvgIpc) is 2.44. The lowest BCUT2D eigenvalue weighted by atomic mass is 10.0. The monoisotopic (exact) mass is 279 g/mol. The molecule has 20 heavy (non-hydrogen) atoms. The first kappa shape index (κ1) is 13.9. The summed E-state index contributed by atoms with van der Waals surface area (Å²) in [4.78, 5) is 18.8. The highest BCUT2D eigenvalue weighted by molar-refractivity contribution is 5.84. The summed E-state index contributed by atoms with van der Waals surface area (Å²) in [5.74, 6) is 0.282. The maximum Gasteiger partial charge on any atom is 0.278 e. The van der Waals surface area contributed by atoms with E-state index in [4.69, 9.17) is 9.47 Å². The zero-order valence-electron chi connectivity index (χ0n) is 11.2. The summed E-state index contributed by atoms with van der Waals surface area (Å²) in [5.41, 5.74) is 1.20. The van der Waals surface area contributed by atoms with Gasteiger partial charge in [-0.1, -0.05) is 0 Å². The summed E-state index contributed by atoms with van der Waals surface area (Å²) in [6.45, 7) is 1.18. The molecule has 0 atom stereocenters. The maximum absolute atomic E-state index is 11.0. The molecule has 1 heterocycles. The third-order valence-corrected chi connectivity index (χ3v) is 3.00. The van der Waals surface area contributed by atoms with Gasteiger partial charge in [-0.05, 0) is 6.92 Å². The number of fused-ring (bicyclic) bond motifs is 1. The number of aliphatic hydroxyl groups is 1. The fourth-order valence-electron chi connectivity index (χ4n) is 1.96. The summed E-state index contributed by atoms with van der Waals surface area (Å²) in [5, 5.41) is 20.5. The van der Waals surface area contributed by atoms with Crippen LogP contribution in [0.4, 0.5) is 5.69 Å². The van der Waals surface area contributed by atoms with Crippen LogP contribution in [0.3, 0.4) is 0 Å². The molecule has 0 amide bonds. The molecule has 106 valence electrons. The number of rotatable bonds is 4. The SMILES string of the molecule is COc1nc2cc([N+](=O)[O-])c(C)c(CO)c2nc1OC. The highest BCUT2D eigenvalue weighted by Crippen LogP contribution is 2.32. The van der Waals surface area contributed by atoms with E-state index in [0.717, 1.165) is 0 Å². The van der Waals surface area contributed by atoms with E-state index in [9.17, 15) is 15.2 Å². The molecule has 8 heteroatoms. The van der Waals surface area contributed by atoms with Gasteiger partial charge in [0.2, 0.25) is 0 Å². The minimum atomic E-state index is -0.522. The normalized spacial score (nSPS) is 10.6. The third kappa shape index (κ3) is 2.10. The fraction of sp³-hybridized carbons (Fsp3) is 0.333. The largest absolute Gasteiger partial charge is 0.477 e. The molecule has 0 unspecified atom stereocenters. The van der Waals surface area contributed by atoms with Gasteiger partial charge in [0, 0.05) is 17.2 Å². The fourth-order valence-corrected chi connectivity index (χ4v) is 1.96. The smallest absolute Gasteiger partial charge is 0.278 e. The number of aromatic nitrogens is 2. The van der Waals surface area contributed by atoms with Gasteiger partial charge in [-0.25, -0.2) is 9.97 Å². The number of nitrogens with zero attached hydrogens (tertiary/aromatic N) is 3. The quantitative estimate of drug-likeness (QED) is 0.664. The van der Waals surface area contributed by atoms with Gasteiger partial charge in [-0.3, -0.25) is 10.1 Å². The van der Waals surface area contributed by atoms with E-state index in [2.05, 4.69) is 9.97 Å². The van der Waals surface area contributed by atoms with Crippen molar-refractivity contribution in [1.82, 2.24) is 9.97 Å². The summed E-state index contributed by atoms with van der Waals surface area (Å²) in [7, 11) is 2.81. The van der Waals surface area contributed by atoms with Crippen LogP contribution in [0.15, 0.2) is 6.07 Å². The van der Waals surface area contributed by atoms with E-state index in [-0.39, 0.29) is 29.6 Å². The van der Waals surface area contributed by atoms with Crippen LogP contribution in [0, 0.1) is 17.0 Å². The van der Waals surface area contributed by atoms with Crippen molar-refractivity contribution < 1.29 is 19.5 Å². The Labute approximate surface area is 114 Å². The number of benzene rings is 1. The van der Waals surface area contributed by atoms with E-state index in [0.29, 0.717) is 16.6 Å². The molecule has 0 bridgehead atoms. The van der Waals surface area contributed by atoms with Crippen molar-refractivity contribution in [2.24, 2.45) is 0 Å². The van der Waals surface area contributed by atoms with Gasteiger partial charge in [0.1, 0.15) is 5.52 Å². The van der Waals surface area contributed by atoms with Gasteiger partial charge < -0.3 is 14.6 Å². The minimum Gasteiger partial charge on any atom is -0.477 e. The Hall–Kier alpha value is -2.48. The van der Waals surface area contributed by atoms with Crippen LogP contribution in [0.2, 0.25) is 0 Å². The molecule has 0 aliphatic carbocycles. The molecule has 0 aliphatic rings. The van der Waals surface area contributed by atoms with Crippen molar-refractivity contribution in [3.8, 4) is 11.8 Å². The number of hydrogen-bond donors (Lipinski definition) is 1. The zero-order valence-corrected chi connectivity index (χ0v) is 11.2. The lowest BCUT2D eigenvalue weighted by Gasteiger charge is -2.11. The van der Waals surface area contributed by atoms with Crippen molar-refractivity contribution in [3.63, 3.8) is 0 Å². The molecule has 1 aromatic heterocycles. The number of ether oxygens (including phenoxy) is 2. The Morgan fingerprint density at radius 2 is 1.90 bits per heavy atom. The van der Waals surface area contributed by atoms with Crippen LogP contribution in [-0.2, 0) is 6.61 Å². The van der Waals surface area contributed by atoms with Crippen molar-refractivity contribution in [3.05, 3.63) is 27.3 Å². The van der Waals surface area contributed by atoms with Crippen LogP contribution in [0.25, 0.3) is 11.0 Å². The van der Waals surface area contributed by atoms with E-state index < -0.39 is 4.92 Å². The molecule has 0 fully saturated rings. The standard InChI is InChI=1S/C12H13N3O5/c1-6-7(5-16)10-8(4-9(6)15(17)18)13-11(19-2)12(14-10)20-3/h4,16H,5H2,1-3H3. The van der Waals surface area contributed by atoms with Crippen LogP contribution in [0.1, 0.15) is 11.1 Å². The Bertz CT molecular complexity index is 687. The van der Waals surface area contributed by atoms with E-state index in [1.807, 2.05) is 0 Å². The van der Waals surface area contributed by atoms with Gasteiger partial charge in [0.15, 0.2) is 0 Å². The first-order chi connectivity index (χ1) is 9.53. The van der Waals surface area contributed by atoms with Gasteiger partial charge >= 0.3 is 0 Å². The second-order valence-corrected chi connectivity index (χ2v) is 4.02. The number of aliphatic hydroxyl groups excluding tert-OH is 1. The lowest BCUT2D eigenvalue weighted by molar-refractivity contribution is -0.385. The highest BCUT2D eigenvalue weighted by atomic mass is 16.6. The van der Waals surface area contributed by atoms with Crippen molar-refractivity contribution in [2.75, 3.05) is 14.2 Å². The molecule has 1 aromatic carbocycles. The summed E-state index contributed by atoms with van der Waals surface area (Å²) >= 11 is 0. The zero-order chi connectivity index (χ0) is 14.9. The summed E-state index contributed by atoms with van der Waals surface area (Å²) in [6.07, 6.45) is 0. The highest BCUT2D eigenvalue weighted by Gasteiger charge is 2.21. The molecular formula is C12H13N3O5. The van der Waals surface area contributed by atoms with E-state index >= 15 is 0 Å². The van der Waals surface area contributed by atoms with Gasteiger partial charge in [-0.15, -0.1) is 0 Å². The van der Waals surface area contributed by atoms with Crippen LogP contribution in [-0.4, -0.2) is 34.2 Å². The van der Waals surface area contributed by atoms with Crippen LogP contribution < -0.4 is 9.47 Å². The number of methoxy groups -OCH3 is 2. The molecule has 0 saturated heterocycles. The maximum atomic E-state index is 11.0. The first-order valence-electron chi connectivity index (χ1n) is 5.71. The molecule has 0 radical (unpaired) electrons. The molecule has 0 aliphatic heterocycles. The summed E-state index contributed by atoms with van der Waals surface area (Å²) < 4.78 is 10.1. The third-order valence-electron chi connectivity index (χ3n) is 3.00. The predicted octanol–water partition coefficient (Wildman–Crippen LogP) is 1.36. The molecule has 0 spiro atoms. The predicted molar refractivity (Wildman–Crippen MR) is 70.0 cm³/mol. The Kier molecular flexibility index (Phi) is 3.66. The van der Waals surface area contributed by atoms with Crippen LogP contribution >= 0.6 is 0 Å². The molecule has 2 aromatic rings. The van der Waals surface area contributed by atoms with E-state index in [1.165, 1.54) is 20.3 Å². The Morgan fingerprint density at radius 3 is 2.40 bits per heavy atom. The second-order valence-electron chi connectivity index (χ2n) is 4.02.